The summed E-state index contributed by atoms with van der Waals surface area (Å²) in [6.45, 7) is 14.2. The van der Waals surface area contributed by atoms with E-state index >= 15 is 0 Å². The Bertz CT molecular complexity index is 403. The Hall–Kier alpha value is -0.860. The molecule has 4 atom stereocenters. The van der Waals surface area contributed by atoms with Crippen LogP contribution in [0.4, 0.5) is 0 Å². The first-order valence-electron chi connectivity index (χ1n) is 8.62. The van der Waals surface area contributed by atoms with Crippen molar-refractivity contribution in [3.63, 3.8) is 0 Å². The third kappa shape index (κ3) is 4.55. The molecule has 118 valence electrons. The van der Waals surface area contributed by atoms with Crippen molar-refractivity contribution in [2.24, 2.45) is 17.8 Å². The van der Waals surface area contributed by atoms with Crippen molar-refractivity contribution in [2.45, 2.75) is 40.2 Å². The predicted molar refractivity (Wildman–Crippen MR) is 91.4 cm³/mol. The fraction of sp³-hybridized carbons (Fsp3) is 0.684. The molecule has 0 bridgehead atoms. The number of hydrogen-bond acceptors (Lipinski definition) is 2. The van der Waals surface area contributed by atoms with Crippen LogP contribution in [0.3, 0.4) is 0 Å². The fourth-order valence-corrected chi connectivity index (χ4v) is 3.56. The van der Waals surface area contributed by atoms with E-state index in [1.165, 1.54) is 31.6 Å². The third-order valence-electron chi connectivity index (χ3n) is 5.12. The zero-order valence-electron chi connectivity index (χ0n) is 14.2. The zero-order valence-corrected chi connectivity index (χ0v) is 14.2. The average Bonchev–Trinajstić information content (AvgIpc) is 2.49. The van der Waals surface area contributed by atoms with Crippen LogP contribution in [0.5, 0.6) is 0 Å². The molecule has 0 saturated carbocycles. The Morgan fingerprint density at radius 3 is 2.52 bits per heavy atom. The van der Waals surface area contributed by atoms with Crippen molar-refractivity contribution in [2.75, 3.05) is 26.2 Å². The van der Waals surface area contributed by atoms with E-state index in [-0.39, 0.29) is 0 Å². The molecule has 1 N–H and O–H groups in total. The largest absolute Gasteiger partial charge is 0.310 e. The van der Waals surface area contributed by atoms with E-state index in [2.05, 4.69) is 68.2 Å². The van der Waals surface area contributed by atoms with Gasteiger partial charge in [-0.05, 0) is 42.8 Å². The number of likely N-dealkylation sites (tertiary alicyclic amines) is 1. The lowest BCUT2D eigenvalue weighted by molar-refractivity contribution is 0.115. The van der Waals surface area contributed by atoms with Gasteiger partial charge in [-0.2, -0.15) is 0 Å². The molecule has 1 aliphatic heterocycles. The molecule has 2 heteroatoms. The van der Waals surface area contributed by atoms with Crippen molar-refractivity contribution < 1.29 is 0 Å². The van der Waals surface area contributed by atoms with Gasteiger partial charge in [0.15, 0.2) is 0 Å². The summed E-state index contributed by atoms with van der Waals surface area (Å²) in [6, 6.07) is 11.4. The van der Waals surface area contributed by atoms with Gasteiger partial charge in [-0.25, -0.2) is 0 Å². The molecule has 0 amide bonds. The first-order chi connectivity index (χ1) is 10.1. The Labute approximate surface area is 130 Å². The average molecular weight is 288 g/mol. The molecule has 1 fully saturated rings. The topological polar surface area (TPSA) is 15.3 Å². The number of piperidine rings is 1. The SMILES string of the molecule is CCNC(c1ccccc1)C(C)CN1CCC(C)C(C)C1. The van der Waals surface area contributed by atoms with Gasteiger partial charge < -0.3 is 10.2 Å². The van der Waals surface area contributed by atoms with E-state index in [9.17, 15) is 0 Å². The van der Waals surface area contributed by atoms with Crippen molar-refractivity contribution >= 4 is 0 Å². The molecule has 1 saturated heterocycles. The Morgan fingerprint density at radius 2 is 1.90 bits per heavy atom. The van der Waals surface area contributed by atoms with E-state index in [0.717, 1.165) is 18.4 Å². The molecule has 4 unspecified atom stereocenters. The second-order valence-corrected chi connectivity index (χ2v) is 6.93. The summed E-state index contributed by atoms with van der Waals surface area (Å²) in [7, 11) is 0. The molecule has 1 heterocycles. The van der Waals surface area contributed by atoms with Gasteiger partial charge >= 0.3 is 0 Å². The van der Waals surface area contributed by atoms with Crippen LogP contribution >= 0.6 is 0 Å². The highest BCUT2D eigenvalue weighted by molar-refractivity contribution is 5.19. The molecule has 2 nitrogen and oxygen atoms in total. The summed E-state index contributed by atoms with van der Waals surface area (Å²) in [5, 5.41) is 3.68. The Kier molecular flexibility index (Phi) is 6.25. The number of nitrogens with one attached hydrogen (secondary N) is 1. The molecule has 1 aliphatic rings. The molecule has 0 aliphatic carbocycles. The summed E-state index contributed by atoms with van der Waals surface area (Å²) in [4.78, 5) is 2.67. The minimum absolute atomic E-state index is 0.464. The molecular formula is C19H32N2. The highest BCUT2D eigenvalue weighted by Gasteiger charge is 2.26. The zero-order chi connectivity index (χ0) is 15.2. The van der Waals surface area contributed by atoms with Gasteiger partial charge in [-0.1, -0.05) is 58.0 Å². The standard InChI is InChI=1S/C19H32N2/c1-5-20-19(18-9-7-6-8-10-18)17(4)14-21-12-11-15(2)16(3)13-21/h6-10,15-17,19-20H,5,11-14H2,1-4H3. The number of hydrogen-bond donors (Lipinski definition) is 1. The Balaban J connectivity index is 1.97. The van der Waals surface area contributed by atoms with Crippen molar-refractivity contribution in [1.82, 2.24) is 10.2 Å². The number of nitrogens with zero attached hydrogens (tertiary/aromatic N) is 1. The molecular weight excluding hydrogens is 256 g/mol. The first-order valence-corrected chi connectivity index (χ1v) is 8.62. The lowest BCUT2D eigenvalue weighted by Crippen LogP contribution is -2.42. The van der Waals surface area contributed by atoms with E-state index in [0.29, 0.717) is 12.0 Å². The van der Waals surface area contributed by atoms with E-state index in [4.69, 9.17) is 0 Å². The highest BCUT2D eigenvalue weighted by Crippen LogP contribution is 2.27. The smallest absolute Gasteiger partial charge is 0.0358 e. The van der Waals surface area contributed by atoms with Crippen molar-refractivity contribution in [3.8, 4) is 0 Å². The summed E-state index contributed by atoms with van der Waals surface area (Å²) >= 11 is 0. The van der Waals surface area contributed by atoms with Crippen LogP contribution in [-0.2, 0) is 0 Å². The van der Waals surface area contributed by atoms with Gasteiger partial charge in [0.05, 0.1) is 0 Å². The lowest BCUT2D eigenvalue weighted by Gasteiger charge is -2.38. The van der Waals surface area contributed by atoms with E-state index < -0.39 is 0 Å². The summed E-state index contributed by atoms with van der Waals surface area (Å²) in [5.74, 6) is 2.35. The molecule has 1 aromatic carbocycles. The van der Waals surface area contributed by atoms with Crippen LogP contribution in [0.2, 0.25) is 0 Å². The molecule has 21 heavy (non-hydrogen) atoms. The third-order valence-corrected chi connectivity index (χ3v) is 5.12. The predicted octanol–water partition coefficient (Wildman–Crippen LogP) is 3.95. The van der Waals surface area contributed by atoms with Crippen LogP contribution in [0.1, 0.15) is 45.7 Å². The van der Waals surface area contributed by atoms with Gasteiger partial charge in [-0.15, -0.1) is 0 Å². The first kappa shape index (κ1) is 16.5. The molecule has 0 radical (unpaired) electrons. The maximum atomic E-state index is 3.68. The van der Waals surface area contributed by atoms with Gasteiger partial charge in [-0.3, -0.25) is 0 Å². The minimum atomic E-state index is 0.464. The quantitative estimate of drug-likeness (QED) is 0.852. The maximum Gasteiger partial charge on any atom is 0.0358 e. The van der Waals surface area contributed by atoms with Gasteiger partial charge in [0, 0.05) is 19.1 Å². The summed E-state index contributed by atoms with van der Waals surface area (Å²) < 4.78 is 0. The van der Waals surface area contributed by atoms with Crippen LogP contribution in [0.15, 0.2) is 30.3 Å². The summed E-state index contributed by atoms with van der Waals surface area (Å²) in [5.41, 5.74) is 1.42. The van der Waals surface area contributed by atoms with Crippen LogP contribution in [-0.4, -0.2) is 31.1 Å². The van der Waals surface area contributed by atoms with Crippen LogP contribution in [0, 0.1) is 17.8 Å². The lowest BCUT2D eigenvalue weighted by atomic mass is 9.87. The van der Waals surface area contributed by atoms with E-state index in [1.807, 2.05) is 0 Å². The van der Waals surface area contributed by atoms with Gasteiger partial charge in [0.2, 0.25) is 0 Å². The molecule has 0 spiro atoms. The molecule has 2 rings (SSSR count). The summed E-state index contributed by atoms with van der Waals surface area (Å²) in [6.07, 6.45) is 1.35. The number of benzene rings is 1. The normalized spacial score (nSPS) is 26.5. The van der Waals surface area contributed by atoms with Gasteiger partial charge in [0.25, 0.3) is 0 Å². The van der Waals surface area contributed by atoms with Crippen molar-refractivity contribution in [3.05, 3.63) is 35.9 Å². The van der Waals surface area contributed by atoms with Crippen LogP contribution < -0.4 is 5.32 Å². The monoisotopic (exact) mass is 288 g/mol. The van der Waals surface area contributed by atoms with Crippen LogP contribution in [0.25, 0.3) is 0 Å². The molecule has 0 aromatic heterocycles. The van der Waals surface area contributed by atoms with Crippen molar-refractivity contribution in [1.29, 1.82) is 0 Å². The Morgan fingerprint density at radius 1 is 1.19 bits per heavy atom. The maximum absolute atomic E-state index is 3.68. The fourth-order valence-electron chi connectivity index (χ4n) is 3.56. The second kappa shape index (κ2) is 7.95. The molecule has 1 aromatic rings. The minimum Gasteiger partial charge on any atom is -0.310 e. The van der Waals surface area contributed by atoms with Gasteiger partial charge in [0.1, 0.15) is 0 Å². The number of rotatable bonds is 6. The highest BCUT2D eigenvalue weighted by atomic mass is 15.1. The van der Waals surface area contributed by atoms with E-state index in [1.54, 1.807) is 0 Å². The second-order valence-electron chi connectivity index (χ2n) is 6.93.